The Hall–Kier alpha value is -4.18. The molecule has 0 amide bonds. The van der Waals surface area contributed by atoms with Crippen molar-refractivity contribution in [2.45, 2.75) is 13.1 Å². The van der Waals surface area contributed by atoms with Crippen molar-refractivity contribution in [3.63, 3.8) is 0 Å². The van der Waals surface area contributed by atoms with E-state index in [1.165, 1.54) is 33.4 Å². The summed E-state index contributed by atoms with van der Waals surface area (Å²) in [4.78, 5) is 0. The van der Waals surface area contributed by atoms with Gasteiger partial charge in [0.05, 0.1) is 0 Å². The lowest BCUT2D eigenvalue weighted by molar-refractivity contribution is -0.688. The van der Waals surface area contributed by atoms with Crippen molar-refractivity contribution < 1.29 is 18.3 Å². The quantitative estimate of drug-likeness (QED) is 0.356. The number of nitrogens with zero attached hydrogens (tertiary/aromatic N) is 4. The van der Waals surface area contributed by atoms with E-state index in [4.69, 9.17) is 0 Å². The molecule has 0 aliphatic rings. The highest BCUT2D eigenvalue weighted by Gasteiger charge is 2.08. The van der Waals surface area contributed by atoms with E-state index in [1.807, 2.05) is 14.1 Å². The molecule has 0 aliphatic heterocycles. The van der Waals surface area contributed by atoms with Gasteiger partial charge in [-0.2, -0.15) is 0 Å². The standard InChI is InChI=1S/C30H30N4/c1-31-15-7-27(8-16-31)29-11-19-33(20-12-29)23-25-3-5-26(6-4-25)24-34-21-13-30(14-22-34)28-9-17-32(2)18-10-28/h3-22H,23-24H2,1-2H3/q+4. The molecule has 0 aliphatic carbocycles. The molecule has 1 aromatic carbocycles. The summed E-state index contributed by atoms with van der Waals surface area (Å²) >= 11 is 0. The molecule has 4 heteroatoms. The van der Waals surface area contributed by atoms with Crippen LogP contribution >= 0.6 is 0 Å². The molecule has 0 atom stereocenters. The number of aryl methyl sites for hydroxylation is 2. The van der Waals surface area contributed by atoms with Crippen LogP contribution in [0, 0.1) is 0 Å². The third kappa shape index (κ3) is 5.24. The zero-order valence-corrected chi connectivity index (χ0v) is 19.8. The third-order valence-electron chi connectivity index (χ3n) is 6.16. The highest BCUT2D eigenvalue weighted by atomic mass is 14.9. The molecule has 0 radical (unpaired) electrons. The maximum absolute atomic E-state index is 2.23. The van der Waals surface area contributed by atoms with Crippen LogP contribution in [0.1, 0.15) is 11.1 Å². The van der Waals surface area contributed by atoms with Crippen molar-refractivity contribution in [3.8, 4) is 22.3 Å². The summed E-state index contributed by atoms with van der Waals surface area (Å²) in [5.74, 6) is 0. The van der Waals surface area contributed by atoms with E-state index in [1.54, 1.807) is 0 Å². The van der Waals surface area contributed by atoms with Gasteiger partial charge in [-0.25, -0.2) is 18.3 Å². The van der Waals surface area contributed by atoms with E-state index in [0.717, 1.165) is 13.1 Å². The molecule has 34 heavy (non-hydrogen) atoms. The smallest absolute Gasteiger partial charge is 0.173 e. The number of pyridine rings is 4. The van der Waals surface area contributed by atoms with Gasteiger partial charge in [0.2, 0.25) is 0 Å². The summed E-state index contributed by atoms with van der Waals surface area (Å²) in [5, 5.41) is 0. The zero-order chi connectivity index (χ0) is 23.3. The Morgan fingerprint density at radius 3 is 0.941 bits per heavy atom. The van der Waals surface area contributed by atoms with Crippen LogP contribution in [0.25, 0.3) is 22.3 Å². The Labute approximate surface area is 201 Å². The van der Waals surface area contributed by atoms with Gasteiger partial charge in [0.15, 0.2) is 62.7 Å². The van der Waals surface area contributed by atoms with Crippen LogP contribution in [0.3, 0.4) is 0 Å². The lowest BCUT2D eigenvalue weighted by Crippen LogP contribution is -2.34. The molecule has 4 heterocycles. The molecule has 5 rings (SSSR count). The molecule has 5 aromatic rings. The highest BCUT2D eigenvalue weighted by Crippen LogP contribution is 2.16. The van der Waals surface area contributed by atoms with Gasteiger partial charge in [0, 0.05) is 59.7 Å². The molecule has 0 bridgehead atoms. The summed E-state index contributed by atoms with van der Waals surface area (Å²) in [6.07, 6.45) is 16.9. The predicted molar refractivity (Wildman–Crippen MR) is 131 cm³/mol. The summed E-state index contributed by atoms with van der Waals surface area (Å²) in [6.45, 7) is 1.72. The molecule has 166 valence electrons. The van der Waals surface area contributed by atoms with Crippen molar-refractivity contribution in [1.82, 2.24) is 0 Å². The van der Waals surface area contributed by atoms with Crippen LogP contribution in [0.15, 0.2) is 122 Å². The topological polar surface area (TPSA) is 15.5 Å². The van der Waals surface area contributed by atoms with Gasteiger partial charge in [-0.3, -0.25) is 0 Å². The molecule has 0 unspecified atom stereocenters. The molecule has 0 N–H and O–H groups in total. The number of benzene rings is 1. The van der Waals surface area contributed by atoms with E-state index >= 15 is 0 Å². The molecule has 0 spiro atoms. The first-order chi connectivity index (χ1) is 16.6. The monoisotopic (exact) mass is 446 g/mol. The maximum atomic E-state index is 2.23. The van der Waals surface area contributed by atoms with Gasteiger partial charge < -0.3 is 0 Å². The summed E-state index contributed by atoms with van der Waals surface area (Å²) in [7, 11) is 4.07. The Balaban J connectivity index is 1.21. The predicted octanol–water partition coefficient (Wildman–Crippen LogP) is 3.34. The number of rotatable bonds is 6. The van der Waals surface area contributed by atoms with Crippen LogP contribution in [0.4, 0.5) is 0 Å². The second-order valence-electron chi connectivity index (χ2n) is 8.84. The molecule has 0 saturated carbocycles. The van der Waals surface area contributed by atoms with Gasteiger partial charge in [-0.15, -0.1) is 0 Å². The second kappa shape index (κ2) is 9.75. The van der Waals surface area contributed by atoms with Gasteiger partial charge in [-0.1, -0.05) is 24.3 Å². The lowest BCUT2D eigenvalue weighted by Gasteiger charge is -2.03. The van der Waals surface area contributed by atoms with Gasteiger partial charge in [-0.05, 0) is 22.3 Å². The second-order valence-corrected chi connectivity index (χ2v) is 8.84. The number of hydrogen-bond donors (Lipinski definition) is 0. The van der Waals surface area contributed by atoms with Crippen molar-refractivity contribution in [2.75, 3.05) is 0 Å². The van der Waals surface area contributed by atoms with Crippen LogP contribution in [-0.2, 0) is 27.2 Å². The third-order valence-corrected chi connectivity index (χ3v) is 6.16. The van der Waals surface area contributed by atoms with E-state index in [-0.39, 0.29) is 0 Å². The van der Waals surface area contributed by atoms with E-state index in [0.29, 0.717) is 0 Å². The summed E-state index contributed by atoms with van der Waals surface area (Å²) < 4.78 is 8.54. The minimum absolute atomic E-state index is 0.862. The van der Waals surface area contributed by atoms with Crippen LogP contribution in [-0.4, -0.2) is 0 Å². The first-order valence-corrected chi connectivity index (χ1v) is 11.6. The SMILES string of the molecule is C[n+]1ccc(-c2cc[n+](Cc3ccc(C[n+]4ccc(-c5cc[n+](C)cc5)cc4)cc3)cc2)cc1. The van der Waals surface area contributed by atoms with Gasteiger partial charge in [0.1, 0.15) is 14.1 Å². The van der Waals surface area contributed by atoms with Gasteiger partial charge >= 0.3 is 0 Å². The Kier molecular flexibility index (Phi) is 6.21. The number of hydrogen-bond acceptors (Lipinski definition) is 0. The molecule has 0 saturated heterocycles. The van der Waals surface area contributed by atoms with Crippen molar-refractivity contribution in [3.05, 3.63) is 133 Å². The lowest BCUT2D eigenvalue weighted by atomic mass is 10.1. The van der Waals surface area contributed by atoms with Crippen molar-refractivity contribution in [2.24, 2.45) is 14.1 Å². The molecule has 0 fully saturated rings. The maximum Gasteiger partial charge on any atom is 0.173 e. The fourth-order valence-electron chi connectivity index (χ4n) is 4.07. The molecule has 4 nitrogen and oxygen atoms in total. The summed E-state index contributed by atoms with van der Waals surface area (Å²) in [6, 6.07) is 26.2. The fourth-order valence-corrected chi connectivity index (χ4v) is 4.07. The van der Waals surface area contributed by atoms with Crippen LogP contribution < -0.4 is 18.3 Å². The first kappa shape index (κ1) is 21.7. The average Bonchev–Trinajstić information content (AvgIpc) is 2.87. The first-order valence-electron chi connectivity index (χ1n) is 11.6. The Morgan fingerprint density at radius 2 is 0.647 bits per heavy atom. The summed E-state index contributed by atoms with van der Waals surface area (Å²) in [5.41, 5.74) is 7.53. The van der Waals surface area contributed by atoms with Crippen molar-refractivity contribution in [1.29, 1.82) is 0 Å². The number of aromatic nitrogens is 4. The van der Waals surface area contributed by atoms with E-state index in [2.05, 4.69) is 141 Å². The zero-order valence-electron chi connectivity index (χ0n) is 19.8. The van der Waals surface area contributed by atoms with E-state index in [9.17, 15) is 0 Å². The molecule has 4 aromatic heterocycles. The van der Waals surface area contributed by atoms with Gasteiger partial charge in [0.25, 0.3) is 0 Å². The fraction of sp³-hybridized carbons (Fsp3) is 0.133. The highest BCUT2D eigenvalue weighted by molar-refractivity contribution is 5.61. The van der Waals surface area contributed by atoms with E-state index < -0.39 is 0 Å². The Morgan fingerprint density at radius 1 is 0.382 bits per heavy atom. The van der Waals surface area contributed by atoms with Crippen molar-refractivity contribution >= 4 is 0 Å². The Bertz CT molecular complexity index is 1250. The normalized spacial score (nSPS) is 10.9. The largest absolute Gasteiger partial charge is 0.208 e. The average molecular weight is 447 g/mol. The molecular formula is C30H30N4+4. The minimum Gasteiger partial charge on any atom is -0.208 e. The van der Waals surface area contributed by atoms with Crippen LogP contribution in [0.5, 0.6) is 0 Å². The minimum atomic E-state index is 0.862. The van der Waals surface area contributed by atoms with Crippen LogP contribution in [0.2, 0.25) is 0 Å². The molecular weight excluding hydrogens is 416 g/mol.